The molecule has 132 valence electrons. The fourth-order valence-electron chi connectivity index (χ4n) is 2.31. The number of anilines is 1. The summed E-state index contributed by atoms with van der Waals surface area (Å²) in [5.41, 5.74) is 1.54. The monoisotopic (exact) mass is 368 g/mol. The summed E-state index contributed by atoms with van der Waals surface area (Å²) in [6.07, 6.45) is 0. The molecule has 0 radical (unpaired) electrons. The number of nitro benzene ring substituents is 1. The second-order valence-corrected chi connectivity index (χ2v) is 5.23. The zero-order valence-electron chi connectivity index (χ0n) is 13.6. The minimum Gasteiger partial charge on any atom is -1.00 e. The third-order valence-electron chi connectivity index (χ3n) is 3.51. The van der Waals surface area contributed by atoms with Gasteiger partial charge in [-0.15, -0.1) is 0 Å². The summed E-state index contributed by atoms with van der Waals surface area (Å²) in [5, 5.41) is 22.6. The molecule has 3 aromatic carbocycles. The lowest BCUT2D eigenvalue weighted by Crippen LogP contribution is -3.00. The van der Waals surface area contributed by atoms with Crippen molar-refractivity contribution in [2.45, 2.75) is 0 Å². The third kappa shape index (κ3) is 4.44. The zero-order valence-corrected chi connectivity index (χ0v) is 14.3. The highest BCUT2D eigenvalue weighted by atomic mass is 35.5. The van der Waals surface area contributed by atoms with Crippen LogP contribution in [0.1, 0.15) is 5.56 Å². The number of para-hydroxylation sites is 1. The van der Waals surface area contributed by atoms with Gasteiger partial charge >= 0.3 is 0 Å². The van der Waals surface area contributed by atoms with Crippen molar-refractivity contribution in [2.75, 3.05) is 5.06 Å². The molecule has 3 aromatic rings. The number of non-ortho nitro benzene ring substituents is 1. The standard InChI is InChI=1S/C19H15N3O3.ClH/c23-21(17-11-5-2-6-12-17)19(15-8-3-1-4-9-15)20-16-10-7-13-18(14-16)22(24)25;/h1-14,23H;1H/p-1. The van der Waals surface area contributed by atoms with E-state index in [1.807, 2.05) is 36.4 Å². The molecule has 0 heterocycles. The maximum absolute atomic E-state index is 11.0. The normalized spacial score (nSPS) is 10.7. The van der Waals surface area contributed by atoms with Gasteiger partial charge in [0.05, 0.1) is 16.3 Å². The Hall–Kier alpha value is -3.22. The van der Waals surface area contributed by atoms with Gasteiger partial charge in [-0.1, -0.05) is 54.6 Å². The lowest BCUT2D eigenvalue weighted by molar-refractivity contribution is -0.384. The van der Waals surface area contributed by atoms with Gasteiger partial charge in [0.1, 0.15) is 0 Å². The summed E-state index contributed by atoms with van der Waals surface area (Å²) in [6, 6.07) is 24.0. The van der Waals surface area contributed by atoms with Crippen LogP contribution >= 0.6 is 0 Å². The smallest absolute Gasteiger partial charge is 0.271 e. The minimum absolute atomic E-state index is 0. The topological polar surface area (TPSA) is 79.0 Å². The van der Waals surface area contributed by atoms with E-state index in [9.17, 15) is 15.3 Å². The van der Waals surface area contributed by atoms with Crippen LogP contribution in [0.4, 0.5) is 17.1 Å². The summed E-state index contributed by atoms with van der Waals surface area (Å²) in [4.78, 5) is 14.9. The molecule has 26 heavy (non-hydrogen) atoms. The first kappa shape index (κ1) is 19.1. The van der Waals surface area contributed by atoms with E-state index >= 15 is 0 Å². The van der Waals surface area contributed by atoms with E-state index in [-0.39, 0.29) is 23.9 Å². The summed E-state index contributed by atoms with van der Waals surface area (Å²) >= 11 is 0. The Kier molecular flexibility index (Phi) is 6.43. The number of nitrogens with zero attached hydrogens (tertiary/aromatic N) is 3. The van der Waals surface area contributed by atoms with Crippen molar-refractivity contribution >= 4 is 22.9 Å². The van der Waals surface area contributed by atoms with Crippen molar-refractivity contribution in [3.05, 3.63) is 101 Å². The average Bonchev–Trinajstić information content (AvgIpc) is 2.67. The van der Waals surface area contributed by atoms with Crippen molar-refractivity contribution in [3.8, 4) is 0 Å². The van der Waals surface area contributed by atoms with Crippen LogP contribution < -0.4 is 17.5 Å². The van der Waals surface area contributed by atoms with E-state index in [2.05, 4.69) is 4.99 Å². The Morgan fingerprint density at radius 1 is 0.923 bits per heavy atom. The Labute approximate surface area is 156 Å². The van der Waals surface area contributed by atoms with E-state index in [1.165, 1.54) is 12.1 Å². The predicted molar refractivity (Wildman–Crippen MR) is 96.4 cm³/mol. The zero-order chi connectivity index (χ0) is 17.6. The number of amidine groups is 1. The van der Waals surface area contributed by atoms with Crippen LogP contribution in [-0.2, 0) is 0 Å². The number of benzene rings is 3. The van der Waals surface area contributed by atoms with E-state index in [0.717, 1.165) is 5.06 Å². The molecule has 6 nitrogen and oxygen atoms in total. The van der Waals surface area contributed by atoms with Gasteiger partial charge in [0.15, 0.2) is 5.84 Å². The molecule has 0 spiro atoms. The van der Waals surface area contributed by atoms with Gasteiger partial charge in [0, 0.05) is 17.7 Å². The quantitative estimate of drug-likeness (QED) is 0.328. The van der Waals surface area contributed by atoms with Gasteiger partial charge in [-0.25, -0.2) is 10.1 Å². The lowest BCUT2D eigenvalue weighted by Gasteiger charge is -2.19. The van der Waals surface area contributed by atoms with Gasteiger partial charge in [-0.2, -0.15) is 0 Å². The molecule has 0 unspecified atom stereocenters. The van der Waals surface area contributed by atoms with Gasteiger partial charge in [-0.3, -0.25) is 15.3 Å². The van der Waals surface area contributed by atoms with Gasteiger partial charge in [0.25, 0.3) is 5.69 Å². The van der Waals surface area contributed by atoms with E-state index in [1.54, 1.807) is 36.4 Å². The summed E-state index contributed by atoms with van der Waals surface area (Å²) in [5.74, 6) is 0.271. The van der Waals surface area contributed by atoms with Crippen LogP contribution in [0.25, 0.3) is 0 Å². The molecule has 0 saturated heterocycles. The van der Waals surface area contributed by atoms with E-state index in [4.69, 9.17) is 0 Å². The molecule has 0 aliphatic heterocycles. The van der Waals surface area contributed by atoms with Gasteiger partial charge < -0.3 is 12.4 Å². The van der Waals surface area contributed by atoms with Gasteiger partial charge in [0.2, 0.25) is 0 Å². The molecule has 7 heteroatoms. The first-order chi connectivity index (χ1) is 12.1. The number of rotatable bonds is 4. The molecule has 0 fully saturated rings. The second kappa shape index (κ2) is 8.75. The van der Waals surface area contributed by atoms with Crippen LogP contribution in [0, 0.1) is 10.1 Å². The van der Waals surface area contributed by atoms with Crippen LogP contribution in [0.2, 0.25) is 0 Å². The molecule has 0 aliphatic carbocycles. The molecule has 0 bridgehead atoms. The summed E-state index contributed by atoms with van der Waals surface area (Å²) in [7, 11) is 0. The van der Waals surface area contributed by atoms with Crippen molar-refractivity contribution in [1.29, 1.82) is 0 Å². The van der Waals surface area contributed by atoms with Crippen LogP contribution in [-0.4, -0.2) is 16.0 Å². The fourth-order valence-corrected chi connectivity index (χ4v) is 2.31. The first-order valence-electron chi connectivity index (χ1n) is 7.58. The molecule has 0 saturated carbocycles. The molecule has 0 atom stereocenters. The number of nitro groups is 1. The van der Waals surface area contributed by atoms with Crippen molar-refractivity contribution in [1.82, 2.24) is 0 Å². The minimum atomic E-state index is -0.477. The Morgan fingerprint density at radius 3 is 2.15 bits per heavy atom. The van der Waals surface area contributed by atoms with Gasteiger partial charge in [-0.05, 0) is 18.2 Å². The average molecular weight is 369 g/mol. The SMILES string of the molecule is O=[N+]([O-])c1cccc(N=C(c2ccccc2)N(O)c2ccccc2)c1.[Cl-]. The maximum atomic E-state index is 11.0. The van der Waals surface area contributed by atoms with Crippen molar-refractivity contribution in [2.24, 2.45) is 4.99 Å². The highest BCUT2D eigenvalue weighted by molar-refractivity contribution is 6.09. The molecule has 3 rings (SSSR count). The number of hydrogen-bond donors (Lipinski definition) is 1. The number of halogens is 1. The van der Waals surface area contributed by atoms with Crippen LogP contribution in [0.15, 0.2) is 89.9 Å². The molecular weight excluding hydrogens is 354 g/mol. The third-order valence-corrected chi connectivity index (χ3v) is 3.51. The molecule has 1 N–H and O–H groups in total. The summed E-state index contributed by atoms with van der Waals surface area (Å²) < 4.78 is 0. The van der Waals surface area contributed by atoms with E-state index in [0.29, 0.717) is 16.9 Å². The Balaban J connectivity index is 0.00000243. The lowest BCUT2D eigenvalue weighted by atomic mass is 10.2. The van der Waals surface area contributed by atoms with Crippen molar-refractivity contribution < 1.29 is 22.5 Å². The molecule has 0 amide bonds. The fraction of sp³-hybridized carbons (Fsp3) is 0. The highest BCUT2D eigenvalue weighted by Crippen LogP contribution is 2.23. The predicted octanol–water partition coefficient (Wildman–Crippen LogP) is 1.57. The van der Waals surface area contributed by atoms with E-state index < -0.39 is 4.92 Å². The molecular formula is C19H15ClN3O3-. The van der Waals surface area contributed by atoms with Crippen LogP contribution in [0.3, 0.4) is 0 Å². The summed E-state index contributed by atoms with van der Waals surface area (Å²) in [6.45, 7) is 0. The second-order valence-electron chi connectivity index (χ2n) is 5.23. The number of aliphatic imine (C=N–C) groups is 1. The van der Waals surface area contributed by atoms with Crippen molar-refractivity contribution in [3.63, 3.8) is 0 Å². The largest absolute Gasteiger partial charge is 1.00 e. The van der Waals surface area contributed by atoms with Crippen LogP contribution in [0.5, 0.6) is 0 Å². The number of hydrogen-bond acceptors (Lipinski definition) is 4. The molecule has 0 aliphatic rings. The first-order valence-corrected chi connectivity index (χ1v) is 7.58. The Bertz CT molecular complexity index is 902. The molecule has 0 aromatic heterocycles. The maximum Gasteiger partial charge on any atom is 0.271 e. The number of hydroxylamine groups is 1. The Morgan fingerprint density at radius 2 is 1.54 bits per heavy atom. The highest BCUT2D eigenvalue weighted by Gasteiger charge is 2.14.